The molecule has 2 aliphatic rings. The zero-order valence-electron chi connectivity index (χ0n) is 24.8. The van der Waals surface area contributed by atoms with E-state index in [2.05, 4.69) is 41.8 Å². The number of piperidine rings is 1. The molecule has 8 heteroatoms. The van der Waals surface area contributed by atoms with Crippen molar-refractivity contribution < 1.29 is 14.4 Å². The molecule has 0 aromatic heterocycles. The van der Waals surface area contributed by atoms with E-state index >= 15 is 0 Å². The molecular weight excluding hydrogens is 514 g/mol. The third-order valence-electron chi connectivity index (χ3n) is 8.55. The average Bonchev–Trinajstić information content (AvgIpc) is 3.02. The maximum absolute atomic E-state index is 14.0. The van der Waals surface area contributed by atoms with E-state index in [9.17, 15) is 14.4 Å². The predicted molar refractivity (Wildman–Crippen MR) is 163 cm³/mol. The number of anilines is 1. The van der Waals surface area contributed by atoms with Crippen molar-refractivity contribution in [1.82, 2.24) is 14.7 Å². The standard InChI is InChI=1S/C33H47N5O3/c1-26(2)36-18-8-19-38(32(40)14-13-27-9-4-3-5-10-27)30-12-7-6-11-29(30)25-37(24-23-36)33(41)28-15-20-35(21-16-28)22-17-31(34)39/h3-7,9-12,26,28H,8,13-25H2,1-2H3,(H2,34,39). The number of amides is 3. The molecule has 222 valence electrons. The molecule has 0 aliphatic carbocycles. The van der Waals surface area contributed by atoms with E-state index in [1.807, 2.05) is 46.2 Å². The van der Waals surface area contributed by atoms with Crippen LogP contribution in [0.5, 0.6) is 0 Å². The van der Waals surface area contributed by atoms with Gasteiger partial charge in [0.1, 0.15) is 0 Å². The van der Waals surface area contributed by atoms with Gasteiger partial charge in [-0.3, -0.25) is 19.3 Å². The molecule has 2 N–H and O–H groups in total. The Bertz CT molecular complexity index is 1150. The van der Waals surface area contributed by atoms with Gasteiger partial charge in [-0.15, -0.1) is 0 Å². The van der Waals surface area contributed by atoms with Gasteiger partial charge < -0.3 is 20.4 Å². The quantitative estimate of drug-likeness (QED) is 0.531. The minimum absolute atomic E-state index is 0.0341. The highest BCUT2D eigenvalue weighted by atomic mass is 16.2. The Kier molecular flexibility index (Phi) is 11.3. The molecule has 3 amide bonds. The van der Waals surface area contributed by atoms with Crippen LogP contribution in [0.3, 0.4) is 0 Å². The first-order chi connectivity index (χ1) is 19.8. The number of likely N-dealkylation sites (tertiary alicyclic amines) is 1. The monoisotopic (exact) mass is 561 g/mol. The van der Waals surface area contributed by atoms with Crippen LogP contribution in [0.25, 0.3) is 0 Å². The minimum Gasteiger partial charge on any atom is -0.370 e. The molecule has 0 radical (unpaired) electrons. The summed E-state index contributed by atoms with van der Waals surface area (Å²) in [4.78, 5) is 47.5. The van der Waals surface area contributed by atoms with Crippen LogP contribution >= 0.6 is 0 Å². The molecule has 2 aliphatic heterocycles. The maximum atomic E-state index is 14.0. The number of benzene rings is 2. The SMILES string of the molecule is CC(C)N1CCCN(C(=O)CCc2ccccc2)c2ccccc2CN(C(=O)C2CCN(CCC(N)=O)CC2)CC1. The van der Waals surface area contributed by atoms with Crippen LogP contribution in [0.4, 0.5) is 5.69 Å². The maximum Gasteiger partial charge on any atom is 0.227 e. The fourth-order valence-corrected chi connectivity index (χ4v) is 6.03. The molecule has 0 bridgehead atoms. The van der Waals surface area contributed by atoms with Crippen molar-refractivity contribution in [2.45, 2.75) is 65.0 Å². The number of para-hydroxylation sites is 1. The Morgan fingerprint density at radius 1 is 0.854 bits per heavy atom. The Balaban J connectivity index is 1.52. The molecule has 41 heavy (non-hydrogen) atoms. The van der Waals surface area contributed by atoms with Crippen LogP contribution < -0.4 is 10.6 Å². The van der Waals surface area contributed by atoms with Gasteiger partial charge in [-0.05, 0) is 69.8 Å². The average molecular weight is 562 g/mol. The van der Waals surface area contributed by atoms with Gasteiger partial charge in [0, 0.05) is 69.8 Å². The number of carbonyl (C=O) groups excluding carboxylic acids is 3. The van der Waals surface area contributed by atoms with Crippen molar-refractivity contribution in [3.05, 3.63) is 65.7 Å². The van der Waals surface area contributed by atoms with Crippen LogP contribution in [0, 0.1) is 5.92 Å². The van der Waals surface area contributed by atoms with Crippen LogP contribution in [0.1, 0.15) is 57.1 Å². The van der Waals surface area contributed by atoms with Gasteiger partial charge in [0.25, 0.3) is 0 Å². The van der Waals surface area contributed by atoms with Crippen LogP contribution in [0.15, 0.2) is 54.6 Å². The Hall–Kier alpha value is -3.23. The molecule has 0 saturated carbocycles. The van der Waals surface area contributed by atoms with Crippen molar-refractivity contribution >= 4 is 23.4 Å². The number of aryl methyl sites for hydroxylation is 1. The summed E-state index contributed by atoms with van der Waals surface area (Å²) in [6, 6.07) is 18.6. The topological polar surface area (TPSA) is 90.2 Å². The summed E-state index contributed by atoms with van der Waals surface area (Å²) in [7, 11) is 0. The van der Waals surface area contributed by atoms with E-state index in [1.165, 1.54) is 0 Å². The highest BCUT2D eigenvalue weighted by Crippen LogP contribution is 2.27. The third kappa shape index (κ3) is 8.88. The molecule has 2 aromatic rings. The number of nitrogens with zero attached hydrogens (tertiary/aromatic N) is 4. The lowest BCUT2D eigenvalue weighted by atomic mass is 9.94. The molecule has 8 nitrogen and oxygen atoms in total. The second kappa shape index (κ2) is 15.1. The fourth-order valence-electron chi connectivity index (χ4n) is 6.03. The van der Waals surface area contributed by atoms with Crippen molar-refractivity contribution in [3.8, 4) is 0 Å². The number of nitrogens with two attached hydrogens (primary N) is 1. The smallest absolute Gasteiger partial charge is 0.227 e. The van der Waals surface area contributed by atoms with E-state index in [-0.39, 0.29) is 23.6 Å². The van der Waals surface area contributed by atoms with Gasteiger partial charge in [0.05, 0.1) is 0 Å². The normalized spacial score (nSPS) is 18.1. The van der Waals surface area contributed by atoms with Crippen molar-refractivity contribution in [2.24, 2.45) is 11.7 Å². The van der Waals surface area contributed by atoms with Gasteiger partial charge >= 0.3 is 0 Å². The number of rotatable bonds is 8. The minimum atomic E-state index is -0.285. The summed E-state index contributed by atoms with van der Waals surface area (Å²) in [5, 5.41) is 0. The van der Waals surface area contributed by atoms with E-state index in [4.69, 9.17) is 5.73 Å². The van der Waals surface area contributed by atoms with Crippen molar-refractivity contribution in [2.75, 3.05) is 50.7 Å². The first kappa shape index (κ1) is 30.7. The summed E-state index contributed by atoms with van der Waals surface area (Å²) in [6.45, 7) is 10.2. The molecule has 0 unspecified atom stereocenters. The summed E-state index contributed by atoms with van der Waals surface area (Å²) in [5.41, 5.74) is 8.43. The molecular formula is C33H47N5O3. The summed E-state index contributed by atoms with van der Waals surface area (Å²) < 4.78 is 0. The Morgan fingerprint density at radius 3 is 2.27 bits per heavy atom. The molecule has 4 rings (SSSR count). The summed E-state index contributed by atoms with van der Waals surface area (Å²) >= 11 is 0. The fraction of sp³-hybridized carbons (Fsp3) is 0.545. The van der Waals surface area contributed by atoms with Crippen LogP contribution in [-0.4, -0.2) is 84.3 Å². The number of primary amides is 1. The molecule has 0 spiro atoms. The zero-order valence-corrected chi connectivity index (χ0v) is 24.8. The molecule has 1 fully saturated rings. The van der Waals surface area contributed by atoms with Gasteiger partial charge in [-0.25, -0.2) is 0 Å². The largest absolute Gasteiger partial charge is 0.370 e. The van der Waals surface area contributed by atoms with E-state index < -0.39 is 0 Å². The van der Waals surface area contributed by atoms with E-state index in [1.54, 1.807) is 0 Å². The highest BCUT2D eigenvalue weighted by molar-refractivity contribution is 5.94. The second-order valence-corrected chi connectivity index (χ2v) is 11.7. The van der Waals surface area contributed by atoms with Crippen molar-refractivity contribution in [1.29, 1.82) is 0 Å². The molecule has 2 aromatic carbocycles. The highest BCUT2D eigenvalue weighted by Gasteiger charge is 2.30. The Labute approximate surface area is 245 Å². The number of fused-ring (bicyclic) bond motifs is 1. The predicted octanol–water partition coefficient (Wildman–Crippen LogP) is 3.68. The van der Waals surface area contributed by atoms with Crippen LogP contribution in [0.2, 0.25) is 0 Å². The summed E-state index contributed by atoms with van der Waals surface area (Å²) in [5.74, 6) is -0.00181. The second-order valence-electron chi connectivity index (χ2n) is 11.7. The van der Waals surface area contributed by atoms with Gasteiger partial charge in [0.15, 0.2) is 0 Å². The number of carbonyl (C=O) groups is 3. The summed E-state index contributed by atoms with van der Waals surface area (Å²) in [6.07, 6.45) is 3.96. The third-order valence-corrected chi connectivity index (χ3v) is 8.55. The lowest BCUT2D eigenvalue weighted by Gasteiger charge is -2.35. The molecule has 0 atom stereocenters. The molecule has 2 heterocycles. The first-order valence-electron chi connectivity index (χ1n) is 15.3. The van der Waals surface area contributed by atoms with E-state index in [0.29, 0.717) is 51.5 Å². The van der Waals surface area contributed by atoms with Gasteiger partial charge in [-0.2, -0.15) is 0 Å². The van der Waals surface area contributed by atoms with Gasteiger partial charge in [-0.1, -0.05) is 48.5 Å². The van der Waals surface area contributed by atoms with E-state index in [0.717, 1.165) is 62.3 Å². The first-order valence-corrected chi connectivity index (χ1v) is 15.3. The van der Waals surface area contributed by atoms with Crippen LogP contribution in [-0.2, 0) is 27.3 Å². The molecule has 1 saturated heterocycles. The Morgan fingerprint density at radius 2 is 1.56 bits per heavy atom. The van der Waals surface area contributed by atoms with Crippen molar-refractivity contribution in [3.63, 3.8) is 0 Å². The lowest BCUT2D eigenvalue weighted by molar-refractivity contribution is -0.138. The number of hydrogen-bond donors (Lipinski definition) is 1. The van der Waals surface area contributed by atoms with Gasteiger partial charge in [0.2, 0.25) is 17.7 Å². The zero-order chi connectivity index (χ0) is 29.2. The lowest BCUT2D eigenvalue weighted by Crippen LogP contribution is -2.46. The number of hydrogen-bond acceptors (Lipinski definition) is 5.